The molecule has 100 valence electrons. The van der Waals surface area contributed by atoms with Crippen LogP contribution in [-0.4, -0.2) is 14.2 Å². The molecule has 0 bridgehead atoms. The van der Waals surface area contributed by atoms with Crippen LogP contribution in [0.5, 0.6) is 5.75 Å². The van der Waals surface area contributed by atoms with E-state index in [1.807, 2.05) is 30.3 Å². The summed E-state index contributed by atoms with van der Waals surface area (Å²) < 4.78 is 33.0. The van der Waals surface area contributed by atoms with E-state index in [4.69, 9.17) is 4.74 Å². The van der Waals surface area contributed by atoms with Crippen LogP contribution in [0.2, 0.25) is 0 Å². The van der Waals surface area contributed by atoms with Crippen molar-refractivity contribution in [2.24, 2.45) is 0 Å². The van der Waals surface area contributed by atoms with Crippen molar-refractivity contribution < 1.29 is 13.5 Å². The summed E-state index contributed by atoms with van der Waals surface area (Å²) in [7, 11) is 3.04. The average molecular weight is 263 g/mol. The first kappa shape index (κ1) is 13.5. The standard InChI is InChI=1S/C15H15F2NO/c1-18-15(10-6-4-3-5-7-10)14-12(16)8-11(19-2)9-13(14)17/h3-9,15,18H,1-2H3. The van der Waals surface area contributed by atoms with Crippen molar-refractivity contribution in [2.45, 2.75) is 6.04 Å². The second kappa shape index (κ2) is 5.80. The first-order valence-electron chi connectivity index (χ1n) is 5.92. The average Bonchev–Trinajstić information content (AvgIpc) is 2.43. The van der Waals surface area contributed by atoms with Crippen molar-refractivity contribution in [2.75, 3.05) is 14.2 Å². The highest BCUT2D eigenvalue weighted by Crippen LogP contribution is 2.29. The summed E-state index contributed by atoms with van der Waals surface area (Å²) in [6.07, 6.45) is 0. The summed E-state index contributed by atoms with van der Waals surface area (Å²) in [6.45, 7) is 0. The Morgan fingerprint density at radius 3 is 2.11 bits per heavy atom. The Morgan fingerprint density at radius 2 is 1.63 bits per heavy atom. The fraction of sp³-hybridized carbons (Fsp3) is 0.200. The Balaban J connectivity index is 2.50. The second-order valence-corrected chi connectivity index (χ2v) is 4.14. The van der Waals surface area contributed by atoms with Gasteiger partial charge in [-0.1, -0.05) is 30.3 Å². The molecule has 1 atom stereocenters. The molecule has 0 saturated carbocycles. The SMILES string of the molecule is CNC(c1ccccc1)c1c(F)cc(OC)cc1F. The van der Waals surface area contributed by atoms with Gasteiger partial charge in [0.05, 0.1) is 13.2 Å². The minimum atomic E-state index is -0.625. The summed E-state index contributed by atoms with van der Waals surface area (Å²) in [4.78, 5) is 0. The number of halogens is 2. The monoisotopic (exact) mass is 263 g/mol. The highest BCUT2D eigenvalue weighted by atomic mass is 19.1. The van der Waals surface area contributed by atoms with Gasteiger partial charge in [0.15, 0.2) is 0 Å². The number of ether oxygens (including phenoxy) is 1. The number of methoxy groups -OCH3 is 1. The van der Waals surface area contributed by atoms with Crippen molar-refractivity contribution in [3.63, 3.8) is 0 Å². The van der Waals surface area contributed by atoms with Crippen molar-refractivity contribution in [3.8, 4) is 5.75 Å². The maximum atomic E-state index is 14.1. The van der Waals surface area contributed by atoms with Crippen molar-refractivity contribution >= 4 is 0 Å². The molecule has 0 saturated heterocycles. The number of benzene rings is 2. The van der Waals surface area contributed by atoms with E-state index in [-0.39, 0.29) is 11.3 Å². The normalized spacial score (nSPS) is 12.2. The highest BCUT2D eigenvalue weighted by molar-refractivity contribution is 5.37. The third kappa shape index (κ3) is 2.74. The van der Waals surface area contributed by atoms with Gasteiger partial charge in [-0.15, -0.1) is 0 Å². The maximum absolute atomic E-state index is 14.1. The Kier molecular flexibility index (Phi) is 4.12. The van der Waals surface area contributed by atoms with Gasteiger partial charge in [-0.2, -0.15) is 0 Å². The van der Waals surface area contributed by atoms with Crippen LogP contribution >= 0.6 is 0 Å². The lowest BCUT2D eigenvalue weighted by atomic mass is 9.97. The molecule has 0 amide bonds. The largest absolute Gasteiger partial charge is 0.497 e. The molecule has 0 spiro atoms. The van der Waals surface area contributed by atoms with E-state index in [1.54, 1.807) is 7.05 Å². The first-order chi connectivity index (χ1) is 9.17. The molecule has 0 aromatic heterocycles. The fourth-order valence-electron chi connectivity index (χ4n) is 2.08. The van der Waals surface area contributed by atoms with Crippen LogP contribution in [0.1, 0.15) is 17.2 Å². The van der Waals surface area contributed by atoms with E-state index in [1.165, 1.54) is 19.2 Å². The van der Waals surface area contributed by atoms with Crippen LogP contribution in [-0.2, 0) is 0 Å². The summed E-state index contributed by atoms with van der Waals surface area (Å²) in [5.74, 6) is -1.08. The van der Waals surface area contributed by atoms with Crippen LogP contribution in [0, 0.1) is 11.6 Å². The summed E-state index contributed by atoms with van der Waals surface area (Å²) >= 11 is 0. The summed E-state index contributed by atoms with van der Waals surface area (Å²) in [6, 6.07) is 11.0. The molecule has 0 radical (unpaired) electrons. The molecule has 0 fully saturated rings. The zero-order valence-electron chi connectivity index (χ0n) is 10.8. The van der Waals surface area contributed by atoms with Crippen LogP contribution < -0.4 is 10.1 Å². The van der Waals surface area contributed by atoms with Crippen LogP contribution in [0.3, 0.4) is 0 Å². The van der Waals surface area contributed by atoms with Gasteiger partial charge >= 0.3 is 0 Å². The molecule has 1 N–H and O–H groups in total. The quantitative estimate of drug-likeness (QED) is 0.914. The molecule has 0 aliphatic heterocycles. The molecule has 0 aliphatic carbocycles. The predicted molar refractivity (Wildman–Crippen MR) is 70.3 cm³/mol. The molecular weight excluding hydrogens is 248 g/mol. The number of hydrogen-bond donors (Lipinski definition) is 1. The molecule has 19 heavy (non-hydrogen) atoms. The lowest BCUT2D eigenvalue weighted by molar-refractivity contribution is 0.403. The molecule has 2 aromatic carbocycles. The van der Waals surface area contributed by atoms with Crippen LogP contribution in [0.25, 0.3) is 0 Å². The predicted octanol–water partition coefficient (Wildman–Crippen LogP) is 3.28. The number of nitrogens with one attached hydrogen (secondary N) is 1. The minimum absolute atomic E-state index is 0.00509. The Hall–Kier alpha value is -1.94. The number of hydrogen-bond acceptors (Lipinski definition) is 2. The topological polar surface area (TPSA) is 21.3 Å². The van der Waals surface area contributed by atoms with Gasteiger partial charge in [0.2, 0.25) is 0 Å². The molecular formula is C15H15F2NO. The summed E-state index contributed by atoms with van der Waals surface area (Å²) in [5, 5.41) is 2.93. The third-order valence-electron chi connectivity index (χ3n) is 3.00. The minimum Gasteiger partial charge on any atom is -0.497 e. The van der Waals surface area contributed by atoms with Gasteiger partial charge in [0, 0.05) is 17.7 Å². The molecule has 2 aromatic rings. The van der Waals surface area contributed by atoms with E-state index in [9.17, 15) is 8.78 Å². The molecule has 0 heterocycles. The van der Waals surface area contributed by atoms with E-state index in [0.717, 1.165) is 5.56 Å². The van der Waals surface area contributed by atoms with Gasteiger partial charge in [-0.3, -0.25) is 0 Å². The molecule has 2 nitrogen and oxygen atoms in total. The third-order valence-corrected chi connectivity index (χ3v) is 3.00. The van der Waals surface area contributed by atoms with E-state index in [2.05, 4.69) is 5.32 Å². The summed E-state index contributed by atoms with van der Waals surface area (Å²) in [5.41, 5.74) is 0.794. The smallest absolute Gasteiger partial charge is 0.134 e. The molecule has 2 rings (SSSR count). The molecule has 0 aliphatic rings. The van der Waals surface area contributed by atoms with Gasteiger partial charge in [-0.05, 0) is 12.6 Å². The zero-order valence-corrected chi connectivity index (χ0v) is 10.8. The van der Waals surface area contributed by atoms with Crippen LogP contribution in [0.4, 0.5) is 8.78 Å². The van der Waals surface area contributed by atoms with Crippen molar-refractivity contribution in [1.82, 2.24) is 5.32 Å². The van der Waals surface area contributed by atoms with Gasteiger partial charge in [0.25, 0.3) is 0 Å². The van der Waals surface area contributed by atoms with Crippen molar-refractivity contribution in [1.29, 1.82) is 0 Å². The Morgan fingerprint density at radius 1 is 1.05 bits per heavy atom. The van der Waals surface area contributed by atoms with Gasteiger partial charge in [0.1, 0.15) is 17.4 Å². The molecule has 1 unspecified atom stereocenters. The first-order valence-corrected chi connectivity index (χ1v) is 5.92. The van der Waals surface area contributed by atoms with E-state index in [0.29, 0.717) is 0 Å². The van der Waals surface area contributed by atoms with E-state index < -0.39 is 17.7 Å². The lowest BCUT2D eigenvalue weighted by Crippen LogP contribution is -2.20. The van der Waals surface area contributed by atoms with Gasteiger partial charge < -0.3 is 10.1 Å². The lowest BCUT2D eigenvalue weighted by Gasteiger charge is -2.19. The van der Waals surface area contributed by atoms with Crippen LogP contribution in [0.15, 0.2) is 42.5 Å². The molecule has 4 heteroatoms. The fourth-order valence-corrected chi connectivity index (χ4v) is 2.08. The van der Waals surface area contributed by atoms with Crippen molar-refractivity contribution in [3.05, 3.63) is 65.2 Å². The zero-order chi connectivity index (χ0) is 13.8. The Labute approximate surface area is 111 Å². The maximum Gasteiger partial charge on any atom is 0.134 e. The van der Waals surface area contributed by atoms with Gasteiger partial charge in [-0.25, -0.2) is 8.78 Å². The number of rotatable bonds is 4. The highest BCUT2D eigenvalue weighted by Gasteiger charge is 2.21. The van der Waals surface area contributed by atoms with E-state index >= 15 is 0 Å². The second-order valence-electron chi connectivity index (χ2n) is 4.14. The Bertz CT molecular complexity index is 534.